The second-order valence-electron chi connectivity index (χ2n) is 8.88. The maximum Gasteiger partial charge on any atom is 0.315 e. The van der Waals surface area contributed by atoms with Crippen LogP contribution in [0.4, 0.5) is 0 Å². The Balaban J connectivity index is 2.45. The number of allylic oxidation sites excluding steroid dienone is 1. The summed E-state index contributed by atoms with van der Waals surface area (Å²) in [6.07, 6.45) is 1.74. The standard InChI is InChI=1S/C22H34N4O6S2/c1-12(2)19-22(31)23-15-11-34-33-8-6-5-7-14(9-16(27)24-19)32-18(29)10-17(28)25-20(13(3)4)26-21(15)30/h5,7,12-15,19-20H,6,8-11H2,1-4H3,(H,23,31)(H,24,27)(H,25,28)(H,26,30)/t14-,15-,19-,20-/m1/s1. The smallest absolute Gasteiger partial charge is 0.315 e. The van der Waals surface area contributed by atoms with E-state index in [1.807, 2.05) is 19.9 Å². The lowest BCUT2D eigenvalue weighted by Crippen LogP contribution is -2.60. The van der Waals surface area contributed by atoms with E-state index < -0.39 is 60.4 Å². The Morgan fingerprint density at radius 1 is 0.882 bits per heavy atom. The zero-order valence-corrected chi connectivity index (χ0v) is 21.6. The zero-order valence-electron chi connectivity index (χ0n) is 19.9. The Morgan fingerprint density at radius 3 is 2.29 bits per heavy atom. The summed E-state index contributed by atoms with van der Waals surface area (Å²) in [6.45, 7) is 7.21. The van der Waals surface area contributed by atoms with Gasteiger partial charge < -0.3 is 26.0 Å². The molecule has 2 heterocycles. The monoisotopic (exact) mass is 514 g/mol. The van der Waals surface area contributed by atoms with E-state index >= 15 is 0 Å². The zero-order chi connectivity index (χ0) is 25.3. The van der Waals surface area contributed by atoms with Gasteiger partial charge in [0.15, 0.2) is 0 Å². The highest BCUT2D eigenvalue weighted by molar-refractivity contribution is 8.76. The molecular weight excluding hydrogens is 480 g/mol. The summed E-state index contributed by atoms with van der Waals surface area (Å²) in [6, 6.07) is -1.76. The van der Waals surface area contributed by atoms with E-state index in [2.05, 4.69) is 21.3 Å². The fraction of sp³-hybridized carbons (Fsp3) is 0.682. The van der Waals surface area contributed by atoms with Crippen LogP contribution in [-0.2, 0) is 28.7 Å². The molecule has 0 spiro atoms. The minimum atomic E-state index is -0.882. The van der Waals surface area contributed by atoms with Crippen LogP contribution in [0.3, 0.4) is 0 Å². The Hall–Kier alpha value is -2.21. The molecule has 190 valence electrons. The normalized spacial score (nSPS) is 28.5. The first-order valence-electron chi connectivity index (χ1n) is 11.4. The first-order chi connectivity index (χ1) is 16.1. The van der Waals surface area contributed by atoms with Crippen LogP contribution in [-0.4, -0.2) is 65.5 Å². The molecular formula is C22H34N4O6S2. The molecule has 0 unspecified atom stereocenters. The summed E-state index contributed by atoms with van der Waals surface area (Å²) in [5, 5.41) is 10.9. The molecule has 0 radical (unpaired) electrons. The minimum Gasteiger partial charge on any atom is -0.457 e. The van der Waals surface area contributed by atoms with Crippen LogP contribution in [0.15, 0.2) is 12.2 Å². The number of hydrogen-bond donors (Lipinski definition) is 4. The fourth-order valence-electron chi connectivity index (χ4n) is 3.27. The van der Waals surface area contributed by atoms with Crippen LogP contribution < -0.4 is 21.3 Å². The molecule has 2 aliphatic heterocycles. The number of esters is 1. The van der Waals surface area contributed by atoms with Gasteiger partial charge in [-0.15, -0.1) is 0 Å². The molecule has 34 heavy (non-hydrogen) atoms. The Bertz CT molecular complexity index is 804. The predicted molar refractivity (Wildman–Crippen MR) is 131 cm³/mol. The van der Waals surface area contributed by atoms with Crippen molar-refractivity contribution in [3.63, 3.8) is 0 Å². The van der Waals surface area contributed by atoms with Crippen molar-refractivity contribution in [3.8, 4) is 0 Å². The fourth-order valence-corrected chi connectivity index (χ4v) is 5.43. The van der Waals surface area contributed by atoms with Gasteiger partial charge in [-0.25, -0.2) is 0 Å². The molecule has 4 N–H and O–H groups in total. The van der Waals surface area contributed by atoms with Crippen LogP contribution in [0.5, 0.6) is 0 Å². The Labute approximate surface area is 207 Å². The van der Waals surface area contributed by atoms with Gasteiger partial charge in [0.05, 0.1) is 6.42 Å². The summed E-state index contributed by atoms with van der Waals surface area (Å²) in [7, 11) is 3.00. The first-order valence-corrected chi connectivity index (χ1v) is 13.9. The van der Waals surface area contributed by atoms with Gasteiger partial charge >= 0.3 is 5.97 Å². The van der Waals surface area contributed by atoms with Crippen molar-refractivity contribution >= 4 is 51.2 Å². The number of nitrogens with one attached hydrogen (secondary N) is 4. The summed E-state index contributed by atoms with van der Waals surface area (Å²) >= 11 is 0. The summed E-state index contributed by atoms with van der Waals surface area (Å²) in [4.78, 5) is 63.8. The van der Waals surface area contributed by atoms with E-state index in [-0.39, 0.29) is 18.3 Å². The Morgan fingerprint density at radius 2 is 1.62 bits per heavy atom. The van der Waals surface area contributed by atoms with E-state index in [4.69, 9.17) is 4.74 Å². The van der Waals surface area contributed by atoms with Crippen molar-refractivity contribution in [2.75, 3.05) is 11.5 Å². The molecule has 0 aromatic rings. The maximum absolute atomic E-state index is 13.1. The van der Waals surface area contributed by atoms with Gasteiger partial charge in [-0.3, -0.25) is 24.0 Å². The molecule has 12 heteroatoms. The van der Waals surface area contributed by atoms with E-state index in [0.717, 1.165) is 5.75 Å². The predicted octanol–water partition coefficient (Wildman–Crippen LogP) is 0.873. The molecule has 1 fully saturated rings. The van der Waals surface area contributed by atoms with Crippen LogP contribution >= 0.6 is 21.6 Å². The number of fused-ring (bicyclic) bond motifs is 7. The summed E-state index contributed by atoms with van der Waals surface area (Å²) in [5.41, 5.74) is 0. The van der Waals surface area contributed by atoms with Gasteiger partial charge in [0, 0.05) is 11.5 Å². The van der Waals surface area contributed by atoms with Gasteiger partial charge in [0.25, 0.3) is 0 Å². The molecule has 4 amide bonds. The van der Waals surface area contributed by atoms with Crippen molar-refractivity contribution < 1.29 is 28.7 Å². The lowest BCUT2D eigenvalue weighted by molar-refractivity contribution is -0.150. The third kappa shape index (κ3) is 9.21. The average molecular weight is 515 g/mol. The number of ether oxygens (including phenoxy) is 1. The molecule has 2 bridgehead atoms. The van der Waals surface area contributed by atoms with Gasteiger partial charge in [0.1, 0.15) is 30.8 Å². The van der Waals surface area contributed by atoms with Gasteiger partial charge in [-0.1, -0.05) is 55.4 Å². The third-order valence-electron chi connectivity index (χ3n) is 5.19. The van der Waals surface area contributed by atoms with Crippen LogP contribution in [0.1, 0.15) is 47.0 Å². The van der Waals surface area contributed by atoms with Gasteiger partial charge in [-0.2, -0.15) is 0 Å². The highest BCUT2D eigenvalue weighted by Gasteiger charge is 2.32. The van der Waals surface area contributed by atoms with E-state index in [9.17, 15) is 24.0 Å². The molecule has 0 saturated carbocycles. The van der Waals surface area contributed by atoms with Crippen LogP contribution in [0.2, 0.25) is 0 Å². The Kier molecular flexibility index (Phi) is 11.2. The molecule has 2 aliphatic rings. The highest BCUT2D eigenvalue weighted by Crippen LogP contribution is 2.23. The van der Waals surface area contributed by atoms with E-state index in [1.165, 1.54) is 10.8 Å². The summed E-state index contributed by atoms with van der Waals surface area (Å²) < 4.78 is 5.40. The van der Waals surface area contributed by atoms with Crippen LogP contribution in [0, 0.1) is 11.8 Å². The highest BCUT2D eigenvalue weighted by atomic mass is 33.1. The lowest BCUT2D eigenvalue weighted by atomic mass is 10.0. The molecule has 10 nitrogen and oxygen atoms in total. The van der Waals surface area contributed by atoms with Gasteiger partial charge in [0.2, 0.25) is 23.6 Å². The molecule has 0 aromatic carbocycles. The van der Waals surface area contributed by atoms with E-state index in [0.29, 0.717) is 12.2 Å². The summed E-state index contributed by atoms with van der Waals surface area (Å²) in [5.74, 6) is -2.23. The molecule has 0 aromatic heterocycles. The van der Waals surface area contributed by atoms with E-state index in [1.54, 1.807) is 30.7 Å². The van der Waals surface area contributed by atoms with Crippen LogP contribution in [0.25, 0.3) is 0 Å². The largest absolute Gasteiger partial charge is 0.457 e. The first kappa shape index (κ1) is 28.0. The van der Waals surface area contributed by atoms with Crippen molar-refractivity contribution in [2.45, 2.75) is 71.3 Å². The number of hydrogen-bond acceptors (Lipinski definition) is 8. The lowest BCUT2D eigenvalue weighted by Gasteiger charge is -2.29. The molecule has 2 rings (SSSR count). The number of rotatable bonds is 2. The van der Waals surface area contributed by atoms with Crippen molar-refractivity contribution in [2.24, 2.45) is 11.8 Å². The molecule has 4 atom stereocenters. The third-order valence-corrected chi connectivity index (χ3v) is 7.64. The van der Waals surface area contributed by atoms with Crippen molar-refractivity contribution in [1.82, 2.24) is 21.3 Å². The average Bonchev–Trinajstić information content (AvgIpc) is 2.73. The number of carbonyl (C=O) groups excluding carboxylic acids is 5. The number of amides is 4. The second-order valence-corrected chi connectivity index (χ2v) is 11.5. The van der Waals surface area contributed by atoms with Crippen molar-refractivity contribution in [1.29, 1.82) is 0 Å². The molecule has 1 saturated heterocycles. The molecule has 0 aliphatic carbocycles. The SMILES string of the molecule is CC(C)[C@@H]1NC(=O)CC(=O)O[C@@H]2C=CCCSSC[C@@H](NC(=O)[C@@H](C(C)C)NC(=O)C2)C(=O)N1. The minimum absolute atomic E-state index is 0.179. The quantitative estimate of drug-likeness (QED) is 0.184. The van der Waals surface area contributed by atoms with Gasteiger partial charge in [-0.05, 0) is 24.3 Å². The maximum atomic E-state index is 13.1. The topological polar surface area (TPSA) is 143 Å². The second kappa shape index (κ2) is 13.6. The van der Waals surface area contributed by atoms with Crippen molar-refractivity contribution in [3.05, 3.63) is 12.2 Å². The number of carbonyl (C=O) groups is 5.